The minimum absolute atomic E-state index is 0.251. The SMILES string of the molecule is CCN(CC)c1ccc2nc3ccc(-c4cc5nc6cc(C)c(O)cc6[n+](-c6ccccc6)c5cc4N(C)C)cc3[n+](-c3ccccc3)c2c1. The second-order valence-electron chi connectivity index (χ2n) is 13.0. The molecule has 0 bridgehead atoms. The fourth-order valence-electron chi connectivity index (χ4n) is 7.14. The summed E-state index contributed by atoms with van der Waals surface area (Å²) in [6.45, 7) is 8.16. The molecule has 0 atom stereocenters. The fourth-order valence-corrected chi connectivity index (χ4v) is 7.14. The molecule has 0 amide bonds. The Hall–Kier alpha value is -6.08. The molecule has 0 spiro atoms. The second-order valence-corrected chi connectivity index (χ2v) is 13.0. The van der Waals surface area contributed by atoms with Gasteiger partial charge in [0.05, 0.1) is 11.8 Å². The van der Waals surface area contributed by atoms with Crippen molar-refractivity contribution in [2.75, 3.05) is 37.0 Å². The van der Waals surface area contributed by atoms with Crippen molar-refractivity contribution in [3.8, 4) is 28.3 Å². The van der Waals surface area contributed by atoms with Crippen LogP contribution in [0.25, 0.3) is 66.6 Å². The number of aromatic nitrogens is 4. The number of para-hydroxylation sites is 2. The number of phenols is 1. The molecule has 1 N–H and O–H groups in total. The molecule has 246 valence electrons. The average molecular weight is 657 g/mol. The smallest absolute Gasteiger partial charge is 0.241 e. The van der Waals surface area contributed by atoms with E-state index in [0.29, 0.717) is 0 Å². The lowest BCUT2D eigenvalue weighted by molar-refractivity contribution is -0.538. The lowest BCUT2D eigenvalue weighted by atomic mass is 10.00. The third kappa shape index (κ3) is 5.22. The van der Waals surface area contributed by atoms with E-state index >= 15 is 0 Å². The standard InChI is InChI=1S/C43H39N6O/c1-6-47(7-2)32-19-21-35-40(24-32)48(30-14-10-8-11-15-30)39-23-29(18-20-34(39)44-35)33-25-37-41(26-38(33)46(4)5)49(31-16-12-9-13-17-31)42-27-43(50)28(3)22-36(42)45-37/h8-27H,6-7H2,1-5H3/q+1/p+1. The minimum Gasteiger partial charge on any atom is -0.507 e. The van der Waals surface area contributed by atoms with Crippen molar-refractivity contribution in [2.45, 2.75) is 20.8 Å². The van der Waals surface area contributed by atoms with Gasteiger partial charge >= 0.3 is 0 Å². The number of anilines is 2. The van der Waals surface area contributed by atoms with Crippen LogP contribution < -0.4 is 18.9 Å². The Morgan fingerprint density at radius 1 is 0.580 bits per heavy atom. The highest BCUT2D eigenvalue weighted by Crippen LogP contribution is 2.36. The first-order valence-corrected chi connectivity index (χ1v) is 17.2. The van der Waals surface area contributed by atoms with Crippen LogP contribution >= 0.6 is 0 Å². The van der Waals surface area contributed by atoms with Crippen LogP contribution in [0.3, 0.4) is 0 Å². The van der Waals surface area contributed by atoms with Crippen molar-refractivity contribution in [1.29, 1.82) is 0 Å². The van der Waals surface area contributed by atoms with Crippen LogP contribution in [-0.4, -0.2) is 42.3 Å². The van der Waals surface area contributed by atoms with E-state index in [-0.39, 0.29) is 5.75 Å². The van der Waals surface area contributed by atoms with Crippen LogP contribution in [0.4, 0.5) is 11.4 Å². The molecule has 7 heteroatoms. The van der Waals surface area contributed by atoms with Crippen molar-refractivity contribution < 1.29 is 14.2 Å². The molecular formula is C43H40N6O+2. The summed E-state index contributed by atoms with van der Waals surface area (Å²) in [5.41, 5.74) is 14.7. The van der Waals surface area contributed by atoms with Gasteiger partial charge in [-0.25, -0.2) is 9.97 Å². The topological polar surface area (TPSA) is 60.3 Å². The number of hydrogen-bond donors (Lipinski definition) is 1. The minimum atomic E-state index is 0.251. The highest BCUT2D eigenvalue weighted by molar-refractivity contribution is 5.95. The molecule has 0 unspecified atom stereocenters. The molecule has 50 heavy (non-hydrogen) atoms. The molecular weight excluding hydrogens is 617 g/mol. The molecule has 0 aliphatic rings. The van der Waals surface area contributed by atoms with Crippen molar-refractivity contribution >= 4 is 55.5 Å². The Bertz CT molecular complexity index is 2560. The van der Waals surface area contributed by atoms with Gasteiger partial charge in [0.15, 0.2) is 0 Å². The first kappa shape index (κ1) is 31.2. The predicted molar refractivity (Wildman–Crippen MR) is 205 cm³/mol. The maximum Gasteiger partial charge on any atom is 0.241 e. The Balaban J connectivity index is 1.43. The van der Waals surface area contributed by atoms with Gasteiger partial charge in [-0.1, -0.05) is 42.5 Å². The van der Waals surface area contributed by atoms with Crippen molar-refractivity contribution in [3.63, 3.8) is 0 Å². The monoisotopic (exact) mass is 656 g/mol. The molecule has 0 saturated carbocycles. The van der Waals surface area contributed by atoms with Gasteiger partial charge in [0.2, 0.25) is 33.4 Å². The maximum absolute atomic E-state index is 10.8. The number of rotatable bonds is 7. The number of aryl methyl sites for hydroxylation is 1. The van der Waals surface area contributed by atoms with Crippen LogP contribution in [0, 0.1) is 6.92 Å². The van der Waals surface area contributed by atoms with E-state index in [1.807, 2.05) is 37.3 Å². The summed E-state index contributed by atoms with van der Waals surface area (Å²) in [6.07, 6.45) is 0. The van der Waals surface area contributed by atoms with Crippen LogP contribution in [0.1, 0.15) is 19.4 Å². The summed E-state index contributed by atoms with van der Waals surface area (Å²) in [6, 6.07) is 42.2. The van der Waals surface area contributed by atoms with E-state index in [9.17, 15) is 5.11 Å². The molecule has 2 aromatic heterocycles. The number of phenolic OH excluding ortho intramolecular Hbond substituents is 1. The van der Waals surface area contributed by atoms with Gasteiger partial charge in [-0.15, -0.1) is 9.13 Å². The summed E-state index contributed by atoms with van der Waals surface area (Å²) in [7, 11) is 4.16. The number of hydrogen-bond acceptors (Lipinski definition) is 5. The molecule has 6 aromatic carbocycles. The normalized spacial score (nSPS) is 11.5. The molecule has 0 fully saturated rings. The van der Waals surface area contributed by atoms with Crippen molar-refractivity contribution in [1.82, 2.24) is 9.97 Å². The molecule has 8 rings (SSSR count). The van der Waals surface area contributed by atoms with E-state index in [4.69, 9.17) is 9.97 Å². The third-order valence-corrected chi connectivity index (χ3v) is 9.72. The van der Waals surface area contributed by atoms with Gasteiger partial charge in [0, 0.05) is 80.9 Å². The highest BCUT2D eigenvalue weighted by atomic mass is 16.3. The predicted octanol–water partition coefficient (Wildman–Crippen LogP) is 8.24. The Morgan fingerprint density at radius 3 is 1.74 bits per heavy atom. The molecule has 2 heterocycles. The summed E-state index contributed by atoms with van der Waals surface area (Å²) >= 11 is 0. The fraction of sp³-hybridized carbons (Fsp3) is 0.163. The van der Waals surface area contributed by atoms with Gasteiger partial charge in [-0.2, -0.15) is 0 Å². The average Bonchev–Trinajstić information content (AvgIpc) is 3.14. The van der Waals surface area contributed by atoms with Crippen LogP contribution in [0.2, 0.25) is 0 Å². The van der Waals surface area contributed by atoms with Crippen LogP contribution in [-0.2, 0) is 0 Å². The van der Waals surface area contributed by atoms with E-state index in [2.05, 4.69) is 138 Å². The summed E-state index contributed by atoms with van der Waals surface area (Å²) in [5.74, 6) is 0.251. The quantitative estimate of drug-likeness (QED) is 0.138. The highest BCUT2D eigenvalue weighted by Gasteiger charge is 2.26. The summed E-state index contributed by atoms with van der Waals surface area (Å²) in [5, 5.41) is 10.8. The van der Waals surface area contributed by atoms with E-state index in [1.54, 1.807) is 0 Å². The Morgan fingerprint density at radius 2 is 1.12 bits per heavy atom. The van der Waals surface area contributed by atoms with Crippen LogP contribution in [0.5, 0.6) is 5.75 Å². The summed E-state index contributed by atoms with van der Waals surface area (Å²) in [4.78, 5) is 14.9. The number of benzene rings is 6. The van der Waals surface area contributed by atoms with E-state index in [1.165, 1.54) is 5.69 Å². The number of nitrogens with zero attached hydrogens (tertiary/aromatic N) is 6. The van der Waals surface area contributed by atoms with Gasteiger partial charge in [0.25, 0.3) is 0 Å². The first-order chi connectivity index (χ1) is 24.3. The molecule has 0 aliphatic heterocycles. The molecule has 7 nitrogen and oxygen atoms in total. The maximum atomic E-state index is 10.8. The Kier molecular flexibility index (Phi) is 7.75. The number of fused-ring (bicyclic) bond motifs is 4. The second kappa shape index (κ2) is 12.4. The van der Waals surface area contributed by atoms with Crippen molar-refractivity contribution in [2.24, 2.45) is 0 Å². The molecule has 0 saturated heterocycles. The van der Waals surface area contributed by atoms with Gasteiger partial charge in [0.1, 0.15) is 27.8 Å². The zero-order valence-corrected chi connectivity index (χ0v) is 29.1. The zero-order chi connectivity index (χ0) is 34.5. The van der Waals surface area contributed by atoms with Crippen molar-refractivity contribution in [3.05, 3.63) is 127 Å². The first-order valence-electron chi connectivity index (χ1n) is 17.2. The molecule has 8 aromatic rings. The zero-order valence-electron chi connectivity index (χ0n) is 29.1. The largest absolute Gasteiger partial charge is 0.507 e. The lowest BCUT2D eigenvalue weighted by Gasteiger charge is -2.21. The van der Waals surface area contributed by atoms with E-state index in [0.717, 1.165) is 91.0 Å². The Labute approximate surface area is 291 Å². The van der Waals surface area contributed by atoms with E-state index < -0.39 is 0 Å². The molecule has 0 radical (unpaired) electrons. The van der Waals surface area contributed by atoms with Gasteiger partial charge in [-0.05, 0) is 62.2 Å². The lowest BCUT2D eigenvalue weighted by Crippen LogP contribution is -2.34. The summed E-state index contributed by atoms with van der Waals surface area (Å²) < 4.78 is 4.54. The molecule has 0 aliphatic carbocycles. The number of aromatic hydroxyl groups is 1. The van der Waals surface area contributed by atoms with Crippen LogP contribution in [0.15, 0.2) is 121 Å². The third-order valence-electron chi connectivity index (χ3n) is 9.72. The van der Waals surface area contributed by atoms with Gasteiger partial charge in [-0.3, -0.25) is 0 Å². The van der Waals surface area contributed by atoms with Gasteiger partial charge < -0.3 is 14.9 Å².